The Balaban J connectivity index is 2.07. The zero-order chi connectivity index (χ0) is 13.8. The van der Waals surface area contributed by atoms with E-state index in [9.17, 15) is 5.11 Å². The predicted molar refractivity (Wildman–Crippen MR) is 75.0 cm³/mol. The number of aryl methyl sites for hydroxylation is 1. The highest BCUT2D eigenvalue weighted by Crippen LogP contribution is 2.20. The maximum Gasteiger partial charge on any atom is 0.105 e. The first-order valence-corrected chi connectivity index (χ1v) is 6.50. The van der Waals surface area contributed by atoms with Gasteiger partial charge in [0.1, 0.15) is 5.76 Å². The molecule has 0 aromatic carbocycles. The maximum atomic E-state index is 9.71. The van der Waals surface area contributed by atoms with E-state index in [1.807, 2.05) is 39.1 Å². The molecule has 0 aliphatic rings. The summed E-state index contributed by atoms with van der Waals surface area (Å²) >= 11 is 0. The molecule has 0 saturated heterocycles. The van der Waals surface area contributed by atoms with Gasteiger partial charge in [-0.2, -0.15) is 0 Å². The summed E-state index contributed by atoms with van der Waals surface area (Å²) in [5.74, 6) is 0.942. The van der Waals surface area contributed by atoms with E-state index < -0.39 is 6.10 Å². The Kier molecular flexibility index (Phi) is 4.22. The van der Waals surface area contributed by atoms with Gasteiger partial charge in [0.2, 0.25) is 0 Å². The van der Waals surface area contributed by atoms with Gasteiger partial charge in [0.25, 0.3) is 0 Å². The van der Waals surface area contributed by atoms with Gasteiger partial charge in [0.15, 0.2) is 0 Å². The summed E-state index contributed by atoms with van der Waals surface area (Å²) in [6, 6.07) is 5.84. The topological polar surface area (TPSA) is 49.5 Å². The minimum atomic E-state index is -0.476. The number of nitrogens with zero attached hydrogens (tertiary/aromatic N) is 2. The number of aliphatic hydroxyl groups is 1. The first-order valence-electron chi connectivity index (χ1n) is 6.50. The number of aromatic nitrogens is 1. The largest absolute Gasteiger partial charge is 0.469 e. The van der Waals surface area contributed by atoms with E-state index in [2.05, 4.69) is 9.88 Å². The van der Waals surface area contributed by atoms with Crippen molar-refractivity contribution >= 4 is 5.69 Å². The number of pyridine rings is 1. The highest BCUT2D eigenvalue weighted by atomic mass is 16.3. The molecule has 0 saturated carbocycles. The molecule has 4 heteroatoms. The number of hydrogen-bond donors (Lipinski definition) is 1. The van der Waals surface area contributed by atoms with E-state index in [0.29, 0.717) is 6.42 Å². The molecule has 102 valence electrons. The van der Waals surface area contributed by atoms with E-state index in [1.54, 1.807) is 12.5 Å². The summed E-state index contributed by atoms with van der Waals surface area (Å²) in [6.45, 7) is 4.68. The molecule has 2 aromatic heterocycles. The van der Waals surface area contributed by atoms with E-state index in [1.165, 1.54) is 5.56 Å². The lowest BCUT2D eigenvalue weighted by Gasteiger charge is -2.19. The minimum absolute atomic E-state index is 0.476. The highest BCUT2D eigenvalue weighted by Gasteiger charge is 2.09. The summed E-state index contributed by atoms with van der Waals surface area (Å²) in [7, 11) is 2.01. The standard InChI is InChI=1S/C15H20N2O2/c1-4-15(18)14-6-5-13(9-16-14)17(3)10-12-7-8-19-11(12)2/h5-9,15,18H,4,10H2,1-3H3/t15-/m0/s1. The molecule has 2 rings (SSSR count). The van der Waals surface area contributed by atoms with Gasteiger partial charge < -0.3 is 14.4 Å². The van der Waals surface area contributed by atoms with Crippen molar-refractivity contribution in [3.05, 3.63) is 47.7 Å². The fourth-order valence-electron chi connectivity index (χ4n) is 1.95. The van der Waals surface area contributed by atoms with Crippen molar-refractivity contribution in [1.29, 1.82) is 0 Å². The van der Waals surface area contributed by atoms with Crippen LogP contribution in [-0.2, 0) is 6.54 Å². The summed E-state index contributed by atoms with van der Waals surface area (Å²) in [6.07, 6.45) is 3.70. The zero-order valence-electron chi connectivity index (χ0n) is 11.6. The van der Waals surface area contributed by atoms with Crippen LogP contribution in [0.2, 0.25) is 0 Å². The molecule has 0 fully saturated rings. The summed E-state index contributed by atoms with van der Waals surface area (Å²) in [5.41, 5.74) is 2.91. The van der Waals surface area contributed by atoms with Gasteiger partial charge in [-0.25, -0.2) is 0 Å². The quantitative estimate of drug-likeness (QED) is 0.897. The smallest absolute Gasteiger partial charge is 0.105 e. The molecule has 2 aromatic rings. The molecular weight excluding hydrogens is 240 g/mol. The van der Waals surface area contributed by atoms with Gasteiger partial charge in [0.05, 0.1) is 29.9 Å². The Morgan fingerprint density at radius 3 is 2.68 bits per heavy atom. The molecule has 2 heterocycles. The molecule has 0 unspecified atom stereocenters. The van der Waals surface area contributed by atoms with Crippen molar-refractivity contribution in [2.75, 3.05) is 11.9 Å². The molecule has 4 nitrogen and oxygen atoms in total. The average Bonchev–Trinajstić information content (AvgIpc) is 2.83. The summed E-state index contributed by atoms with van der Waals surface area (Å²) in [4.78, 5) is 6.41. The van der Waals surface area contributed by atoms with Crippen LogP contribution in [-0.4, -0.2) is 17.1 Å². The Morgan fingerprint density at radius 2 is 2.16 bits per heavy atom. The summed E-state index contributed by atoms with van der Waals surface area (Å²) < 4.78 is 5.29. The molecular formula is C15H20N2O2. The van der Waals surface area contributed by atoms with Gasteiger partial charge >= 0.3 is 0 Å². The van der Waals surface area contributed by atoms with Crippen molar-refractivity contribution < 1.29 is 9.52 Å². The normalized spacial score (nSPS) is 12.4. The number of hydrogen-bond acceptors (Lipinski definition) is 4. The second kappa shape index (κ2) is 5.89. The van der Waals surface area contributed by atoms with Crippen LogP contribution in [0.5, 0.6) is 0 Å². The lowest BCUT2D eigenvalue weighted by atomic mass is 10.2. The van der Waals surface area contributed by atoms with Crippen LogP contribution in [0.1, 0.15) is 36.5 Å². The number of aliphatic hydroxyl groups excluding tert-OH is 1. The van der Waals surface area contributed by atoms with E-state index in [4.69, 9.17) is 4.42 Å². The van der Waals surface area contributed by atoms with Crippen molar-refractivity contribution in [2.24, 2.45) is 0 Å². The maximum absolute atomic E-state index is 9.71. The van der Waals surface area contributed by atoms with Crippen LogP contribution in [0.25, 0.3) is 0 Å². The fraction of sp³-hybridized carbons (Fsp3) is 0.400. The molecule has 0 bridgehead atoms. The predicted octanol–water partition coefficient (Wildman–Crippen LogP) is 3.06. The van der Waals surface area contributed by atoms with Crippen LogP contribution in [0.4, 0.5) is 5.69 Å². The molecule has 19 heavy (non-hydrogen) atoms. The van der Waals surface area contributed by atoms with Gasteiger partial charge in [-0.15, -0.1) is 0 Å². The van der Waals surface area contributed by atoms with Gasteiger partial charge in [-0.3, -0.25) is 4.98 Å². The number of rotatable bonds is 5. The zero-order valence-corrected chi connectivity index (χ0v) is 11.6. The second-order valence-electron chi connectivity index (χ2n) is 4.72. The Hall–Kier alpha value is -1.81. The van der Waals surface area contributed by atoms with Crippen LogP contribution >= 0.6 is 0 Å². The van der Waals surface area contributed by atoms with Crippen molar-refractivity contribution in [2.45, 2.75) is 32.9 Å². The SMILES string of the molecule is CC[C@H](O)c1ccc(N(C)Cc2ccoc2C)cn1. The minimum Gasteiger partial charge on any atom is -0.469 e. The van der Waals surface area contributed by atoms with Crippen LogP contribution in [0.3, 0.4) is 0 Å². The molecule has 0 aliphatic heterocycles. The monoisotopic (exact) mass is 260 g/mol. The Bertz CT molecular complexity index is 519. The number of furan rings is 1. The molecule has 1 atom stereocenters. The van der Waals surface area contributed by atoms with Crippen molar-refractivity contribution in [3.8, 4) is 0 Å². The van der Waals surface area contributed by atoms with E-state index >= 15 is 0 Å². The van der Waals surface area contributed by atoms with Crippen LogP contribution < -0.4 is 4.90 Å². The van der Waals surface area contributed by atoms with Crippen LogP contribution in [0.15, 0.2) is 35.1 Å². The average molecular weight is 260 g/mol. The van der Waals surface area contributed by atoms with Crippen molar-refractivity contribution in [3.63, 3.8) is 0 Å². The first kappa shape index (κ1) is 13.6. The molecule has 0 aliphatic carbocycles. The van der Waals surface area contributed by atoms with E-state index in [0.717, 1.165) is 23.7 Å². The van der Waals surface area contributed by atoms with E-state index in [-0.39, 0.29) is 0 Å². The third-order valence-electron chi connectivity index (χ3n) is 3.31. The Morgan fingerprint density at radius 1 is 1.37 bits per heavy atom. The van der Waals surface area contributed by atoms with Crippen molar-refractivity contribution in [1.82, 2.24) is 4.98 Å². The first-order chi connectivity index (χ1) is 9.11. The number of anilines is 1. The molecule has 1 N–H and O–H groups in total. The third kappa shape index (κ3) is 3.15. The summed E-state index contributed by atoms with van der Waals surface area (Å²) in [5, 5.41) is 9.71. The fourth-order valence-corrected chi connectivity index (χ4v) is 1.95. The Labute approximate surface area is 113 Å². The third-order valence-corrected chi connectivity index (χ3v) is 3.31. The second-order valence-corrected chi connectivity index (χ2v) is 4.72. The van der Waals surface area contributed by atoms with Gasteiger partial charge in [-0.1, -0.05) is 6.92 Å². The molecule has 0 spiro atoms. The molecule has 0 amide bonds. The lowest BCUT2D eigenvalue weighted by Crippen LogP contribution is -2.17. The molecule has 0 radical (unpaired) electrons. The van der Waals surface area contributed by atoms with Gasteiger partial charge in [0, 0.05) is 19.2 Å². The van der Waals surface area contributed by atoms with Crippen LogP contribution in [0, 0.1) is 6.92 Å². The van der Waals surface area contributed by atoms with Gasteiger partial charge in [-0.05, 0) is 31.5 Å². The highest BCUT2D eigenvalue weighted by molar-refractivity contribution is 5.44. The lowest BCUT2D eigenvalue weighted by molar-refractivity contribution is 0.169.